The van der Waals surface area contributed by atoms with Gasteiger partial charge in [-0.3, -0.25) is 14.2 Å². The van der Waals surface area contributed by atoms with Crippen molar-refractivity contribution in [3.05, 3.63) is 35.9 Å². The standard InChI is InChI=1S/C18H27O6P.H2S/c1-18(2,3)24-17(20)12-15(11-14-9-7-6-8-10-14)16(19)13-25(21,22-4)23-5;/h6-10,15H,11-13H2,1-5H3;1H2/t15-;/m1./s1. The van der Waals surface area contributed by atoms with Crippen LogP contribution in [0.15, 0.2) is 30.3 Å². The summed E-state index contributed by atoms with van der Waals surface area (Å²) in [5.41, 5.74) is 0.278. The summed E-state index contributed by atoms with van der Waals surface area (Å²) in [5.74, 6) is -1.47. The average molecular weight is 404 g/mol. The maximum atomic E-state index is 12.6. The van der Waals surface area contributed by atoms with E-state index in [2.05, 4.69) is 0 Å². The molecule has 0 N–H and O–H groups in total. The molecule has 0 fully saturated rings. The number of carbonyl (C=O) groups is 2. The number of hydrogen-bond donors (Lipinski definition) is 0. The monoisotopic (exact) mass is 404 g/mol. The molecule has 0 amide bonds. The van der Waals surface area contributed by atoms with Crippen LogP contribution in [0.4, 0.5) is 0 Å². The zero-order chi connectivity index (χ0) is 19.1. The van der Waals surface area contributed by atoms with Crippen molar-refractivity contribution in [3.63, 3.8) is 0 Å². The fourth-order valence-corrected chi connectivity index (χ4v) is 3.35. The molecule has 0 bridgehead atoms. The normalized spacial score (nSPS) is 12.8. The number of rotatable bonds is 9. The van der Waals surface area contributed by atoms with Crippen LogP contribution in [0.5, 0.6) is 0 Å². The largest absolute Gasteiger partial charge is 0.460 e. The van der Waals surface area contributed by atoms with Crippen LogP contribution in [0.3, 0.4) is 0 Å². The second-order valence-electron chi connectivity index (χ2n) is 6.78. The van der Waals surface area contributed by atoms with Gasteiger partial charge >= 0.3 is 13.6 Å². The lowest BCUT2D eigenvalue weighted by atomic mass is 9.93. The van der Waals surface area contributed by atoms with Crippen LogP contribution in [-0.4, -0.2) is 37.7 Å². The van der Waals surface area contributed by atoms with Crippen LogP contribution in [0.2, 0.25) is 0 Å². The van der Waals surface area contributed by atoms with E-state index in [-0.39, 0.29) is 31.9 Å². The van der Waals surface area contributed by atoms with Crippen molar-refractivity contribution in [2.45, 2.75) is 39.2 Å². The first-order valence-electron chi connectivity index (χ1n) is 8.07. The van der Waals surface area contributed by atoms with E-state index in [9.17, 15) is 14.2 Å². The first kappa shape index (κ1) is 24.9. The molecule has 148 valence electrons. The number of Topliss-reactive ketones (excluding diaryl/α,β-unsaturated/α-hetero) is 1. The summed E-state index contributed by atoms with van der Waals surface area (Å²) in [5, 5.41) is 0. The molecule has 1 atom stereocenters. The molecular formula is C18H29O6PS. The quantitative estimate of drug-likeness (QED) is 0.461. The molecular weight excluding hydrogens is 375 g/mol. The highest BCUT2D eigenvalue weighted by Gasteiger charge is 2.32. The third kappa shape index (κ3) is 8.99. The van der Waals surface area contributed by atoms with Crippen LogP contribution >= 0.6 is 21.1 Å². The summed E-state index contributed by atoms with van der Waals surface area (Å²) < 4.78 is 27.2. The molecule has 0 aliphatic heterocycles. The van der Waals surface area contributed by atoms with Gasteiger partial charge < -0.3 is 13.8 Å². The minimum absolute atomic E-state index is 0. The predicted octanol–water partition coefficient (Wildman–Crippen LogP) is 3.74. The number of benzene rings is 1. The summed E-state index contributed by atoms with van der Waals surface area (Å²) in [6, 6.07) is 9.35. The van der Waals surface area contributed by atoms with Crippen molar-refractivity contribution in [2.24, 2.45) is 5.92 Å². The minimum atomic E-state index is -3.48. The van der Waals surface area contributed by atoms with Crippen molar-refractivity contribution in [3.8, 4) is 0 Å². The van der Waals surface area contributed by atoms with Gasteiger partial charge in [0.15, 0.2) is 0 Å². The highest BCUT2D eigenvalue weighted by Crippen LogP contribution is 2.46. The lowest BCUT2D eigenvalue weighted by Gasteiger charge is -2.22. The molecule has 1 aromatic rings. The Hall–Kier alpha value is -1.14. The van der Waals surface area contributed by atoms with Gasteiger partial charge in [-0.15, -0.1) is 0 Å². The number of hydrogen-bond acceptors (Lipinski definition) is 6. The molecule has 0 spiro atoms. The Morgan fingerprint density at radius 2 is 1.62 bits per heavy atom. The summed E-state index contributed by atoms with van der Waals surface area (Å²) >= 11 is 0. The molecule has 0 unspecified atom stereocenters. The molecule has 1 aromatic carbocycles. The molecule has 8 heteroatoms. The summed E-state index contributed by atoms with van der Waals surface area (Å²) in [7, 11) is -1.01. The minimum Gasteiger partial charge on any atom is -0.460 e. The van der Waals surface area contributed by atoms with Gasteiger partial charge in [-0.2, -0.15) is 13.5 Å². The van der Waals surface area contributed by atoms with Crippen LogP contribution in [0, 0.1) is 5.92 Å². The van der Waals surface area contributed by atoms with Gasteiger partial charge in [0.2, 0.25) is 0 Å². The van der Waals surface area contributed by atoms with Gasteiger partial charge in [0.05, 0.1) is 6.42 Å². The van der Waals surface area contributed by atoms with Gasteiger partial charge in [0.1, 0.15) is 17.5 Å². The molecule has 0 aliphatic carbocycles. The van der Waals surface area contributed by atoms with Gasteiger partial charge in [-0.25, -0.2) is 0 Å². The van der Waals surface area contributed by atoms with Gasteiger partial charge in [-0.1, -0.05) is 30.3 Å². The predicted molar refractivity (Wildman–Crippen MR) is 106 cm³/mol. The molecule has 0 aromatic heterocycles. The second kappa shape index (κ2) is 10.9. The lowest BCUT2D eigenvalue weighted by molar-refractivity contribution is -0.157. The van der Waals surface area contributed by atoms with E-state index < -0.39 is 25.1 Å². The second-order valence-corrected chi connectivity index (χ2v) is 9.05. The van der Waals surface area contributed by atoms with E-state index in [1.54, 1.807) is 20.8 Å². The zero-order valence-corrected chi connectivity index (χ0v) is 17.9. The Morgan fingerprint density at radius 1 is 1.08 bits per heavy atom. The molecule has 1 rings (SSSR count). The summed E-state index contributed by atoms with van der Waals surface area (Å²) in [6.07, 6.45) is -0.106. The highest BCUT2D eigenvalue weighted by atomic mass is 32.1. The first-order valence-corrected chi connectivity index (χ1v) is 9.80. The summed E-state index contributed by atoms with van der Waals surface area (Å²) in [4.78, 5) is 24.8. The lowest BCUT2D eigenvalue weighted by Crippen LogP contribution is -2.29. The van der Waals surface area contributed by atoms with Crippen molar-refractivity contribution >= 4 is 32.8 Å². The van der Waals surface area contributed by atoms with Crippen LogP contribution in [0.1, 0.15) is 32.8 Å². The first-order chi connectivity index (χ1) is 11.6. The third-order valence-corrected chi connectivity index (χ3v) is 5.33. The Balaban J connectivity index is 0.00000625. The molecule has 0 radical (unpaired) electrons. The van der Waals surface area contributed by atoms with E-state index >= 15 is 0 Å². The molecule has 0 heterocycles. The van der Waals surface area contributed by atoms with Crippen molar-refractivity contribution in [1.29, 1.82) is 0 Å². The average Bonchev–Trinajstić information content (AvgIpc) is 2.53. The van der Waals surface area contributed by atoms with Crippen molar-refractivity contribution in [2.75, 3.05) is 20.4 Å². The fourth-order valence-electron chi connectivity index (χ4n) is 2.31. The Kier molecular flexibility index (Phi) is 10.4. The fraction of sp³-hybridized carbons (Fsp3) is 0.556. The summed E-state index contributed by atoms with van der Waals surface area (Å²) in [6.45, 7) is 5.30. The van der Waals surface area contributed by atoms with Gasteiger partial charge in [0.25, 0.3) is 0 Å². The Morgan fingerprint density at radius 3 is 2.08 bits per heavy atom. The molecule has 0 saturated carbocycles. The highest BCUT2D eigenvalue weighted by molar-refractivity contribution is 7.59. The zero-order valence-electron chi connectivity index (χ0n) is 16.0. The van der Waals surface area contributed by atoms with Crippen molar-refractivity contribution < 1.29 is 27.9 Å². The van der Waals surface area contributed by atoms with Crippen LogP contribution in [0.25, 0.3) is 0 Å². The Labute approximate surface area is 162 Å². The van der Waals surface area contributed by atoms with Gasteiger partial charge in [-0.05, 0) is 32.8 Å². The SMILES string of the molecule is COP(=O)(CC(=O)[C@@H](CC(=O)OC(C)(C)C)Cc1ccccc1)OC.S. The van der Waals surface area contributed by atoms with E-state index in [4.69, 9.17) is 13.8 Å². The van der Waals surface area contributed by atoms with Crippen molar-refractivity contribution in [1.82, 2.24) is 0 Å². The molecule has 26 heavy (non-hydrogen) atoms. The maximum Gasteiger partial charge on any atom is 0.337 e. The number of esters is 1. The van der Waals surface area contributed by atoms with Crippen LogP contribution in [-0.2, 0) is 34.4 Å². The van der Waals surface area contributed by atoms with Crippen LogP contribution < -0.4 is 0 Å². The molecule has 6 nitrogen and oxygen atoms in total. The maximum absolute atomic E-state index is 12.6. The third-order valence-electron chi connectivity index (χ3n) is 3.52. The van der Waals surface area contributed by atoms with Gasteiger partial charge in [0, 0.05) is 20.1 Å². The Bertz CT molecular complexity index is 618. The smallest absolute Gasteiger partial charge is 0.337 e. The molecule has 0 saturated heterocycles. The molecule has 0 aliphatic rings. The number of carbonyl (C=O) groups excluding carboxylic acids is 2. The number of ketones is 1. The van der Waals surface area contributed by atoms with E-state index in [1.807, 2.05) is 30.3 Å². The van der Waals surface area contributed by atoms with E-state index in [0.29, 0.717) is 6.42 Å². The number of ether oxygens (including phenoxy) is 1. The van der Waals surface area contributed by atoms with E-state index in [1.165, 1.54) is 14.2 Å². The van der Waals surface area contributed by atoms with E-state index in [0.717, 1.165) is 5.56 Å². The topological polar surface area (TPSA) is 78.9 Å².